The molecule has 0 saturated carbocycles. The predicted molar refractivity (Wildman–Crippen MR) is 69.2 cm³/mol. The fourth-order valence-electron chi connectivity index (χ4n) is 1.40. The van der Waals surface area contributed by atoms with Gasteiger partial charge in [0.05, 0.1) is 0 Å². The Bertz CT molecular complexity index is 486. The molecule has 1 amide bonds. The van der Waals surface area contributed by atoms with Gasteiger partial charge in [0.1, 0.15) is 6.54 Å². The Morgan fingerprint density at radius 2 is 1.81 bits per heavy atom. The number of aryl methyl sites for hydroxylation is 1. The van der Waals surface area contributed by atoms with Crippen LogP contribution in [0.4, 0.5) is 18.9 Å². The first kappa shape index (κ1) is 16.8. The van der Waals surface area contributed by atoms with Crippen LogP contribution >= 0.6 is 0 Å². The number of rotatable bonds is 6. The van der Waals surface area contributed by atoms with Gasteiger partial charge in [-0.15, -0.1) is 0 Å². The van der Waals surface area contributed by atoms with Gasteiger partial charge >= 0.3 is 12.1 Å². The lowest BCUT2D eigenvalue weighted by Crippen LogP contribution is -2.36. The van der Waals surface area contributed by atoms with E-state index >= 15 is 0 Å². The molecule has 1 aromatic carbocycles. The summed E-state index contributed by atoms with van der Waals surface area (Å²) < 4.78 is 40.0. The van der Waals surface area contributed by atoms with E-state index in [1.54, 1.807) is 29.6 Å². The monoisotopic (exact) mass is 304 g/mol. The van der Waals surface area contributed by atoms with Gasteiger partial charge in [-0.2, -0.15) is 13.2 Å². The van der Waals surface area contributed by atoms with E-state index < -0.39 is 31.2 Å². The highest BCUT2D eigenvalue weighted by Gasteiger charge is 2.27. The topological polar surface area (TPSA) is 81.4 Å². The van der Waals surface area contributed by atoms with E-state index in [1.807, 2.05) is 0 Å². The summed E-state index contributed by atoms with van der Waals surface area (Å²) in [7, 11) is 0. The van der Waals surface area contributed by atoms with Crippen molar-refractivity contribution in [1.82, 2.24) is 5.32 Å². The Balaban J connectivity index is 2.22. The minimum Gasteiger partial charge on any atom is -0.456 e. The molecule has 0 spiro atoms. The Morgan fingerprint density at radius 3 is 2.38 bits per heavy atom. The van der Waals surface area contributed by atoms with Crippen LogP contribution in [0.2, 0.25) is 0 Å². The van der Waals surface area contributed by atoms with Crippen molar-refractivity contribution >= 4 is 17.6 Å². The van der Waals surface area contributed by atoms with Crippen LogP contribution in [0.5, 0.6) is 0 Å². The number of alkyl halides is 3. The van der Waals surface area contributed by atoms with E-state index in [1.165, 1.54) is 0 Å². The van der Waals surface area contributed by atoms with Crippen molar-refractivity contribution in [2.24, 2.45) is 0 Å². The normalized spacial score (nSPS) is 11.0. The molecule has 8 heteroatoms. The SMILES string of the molecule is Nc1ccc(CCC(=O)OCC(=O)NCC(F)(F)F)cc1. The third-order valence-corrected chi connectivity index (χ3v) is 2.45. The molecule has 0 aliphatic carbocycles. The lowest BCUT2D eigenvalue weighted by Gasteiger charge is -2.08. The van der Waals surface area contributed by atoms with Crippen molar-refractivity contribution in [3.63, 3.8) is 0 Å². The van der Waals surface area contributed by atoms with Gasteiger partial charge in [0, 0.05) is 12.1 Å². The summed E-state index contributed by atoms with van der Waals surface area (Å²) in [5, 5.41) is 1.60. The number of anilines is 1. The highest BCUT2D eigenvalue weighted by molar-refractivity contribution is 5.80. The summed E-state index contributed by atoms with van der Waals surface area (Å²) in [4.78, 5) is 22.3. The van der Waals surface area contributed by atoms with Gasteiger partial charge in [0.15, 0.2) is 6.61 Å². The summed E-state index contributed by atoms with van der Waals surface area (Å²) in [6, 6.07) is 6.87. The number of esters is 1. The molecule has 0 heterocycles. The summed E-state index contributed by atoms with van der Waals surface area (Å²) in [6.45, 7) is -2.18. The molecule has 116 valence electrons. The van der Waals surface area contributed by atoms with Crippen molar-refractivity contribution in [3.05, 3.63) is 29.8 Å². The predicted octanol–water partition coefficient (Wildman–Crippen LogP) is 1.42. The molecule has 0 aliphatic rings. The number of nitrogens with one attached hydrogen (secondary N) is 1. The molecule has 0 bridgehead atoms. The van der Waals surface area contributed by atoms with E-state index in [-0.39, 0.29) is 6.42 Å². The second-order valence-corrected chi connectivity index (χ2v) is 4.29. The maximum Gasteiger partial charge on any atom is 0.405 e. The van der Waals surface area contributed by atoms with E-state index in [2.05, 4.69) is 4.74 Å². The highest BCUT2D eigenvalue weighted by atomic mass is 19.4. The van der Waals surface area contributed by atoms with Crippen molar-refractivity contribution < 1.29 is 27.5 Å². The van der Waals surface area contributed by atoms with Crippen LogP contribution in [0.3, 0.4) is 0 Å². The summed E-state index contributed by atoms with van der Waals surface area (Å²) in [5.41, 5.74) is 6.97. The molecule has 0 saturated heterocycles. The van der Waals surface area contributed by atoms with Crippen molar-refractivity contribution in [2.45, 2.75) is 19.0 Å². The summed E-state index contributed by atoms with van der Waals surface area (Å²) >= 11 is 0. The molecular formula is C13H15F3N2O3. The van der Waals surface area contributed by atoms with Gasteiger partial charge in [-0.05, 0) is 24.1 Å². The van der Waals surface area contributed by atoms with Crippen LogP contribution in [0.15, 0.2) is 24.3 Å². The molecule has 21 heavy (non-hydrogen) atoms. The zero-order chi connectivity index (χ0) is 15.9. The van der Waals surface area contributed by atoms with Gasteiger partial charge in [-0.3, -0.25) is 9.59 Å². The zero-order valence-corrected chi connectivity index (χ0v) is 11.1. The quantitative estimate of drug-likeness (QED) is 0.615. The maximum atomic E-state index is 11.8. The smallest absolute Gasteiger partial charge is 0.405 e. The summed E-state index contributed by atoms with van der Waals surface area (Å²) in [6.07, 6.45) is -4.07. The molecule has 0 fully saturated rings. The Kier molecular flexibility index (Phi) is 6.01. The molecule has 0 atom stereocenters. The van der Waals surface area contributed by atoms with Gasteiger partial charge in [0.25, 0.3) is 5.91 Å². The number of hydrogen-bond donors (Lipinski definition) is 2. The Hall–Kier alpha value is -2.25. The molecule has 5 nitrogen and oxygen atoms in total. The third kappa shape index (κ3) is 7.81. The lowest BCUT2D eigenvalue weighted by atomic mass is 10.1. The number of benzene rings is 1. The molecular weight excluding hydrogens is 289 g/mol. The number of nitrogens with two attached hydrogens (primary N) is 1. The maximum absolute atomic E-state index is 11.8. The average molecular weight is 304 g/mol. The molecule has 0 aliphatic heterocycles. The van der Waals surface area contributed by atoms with Crippen molar-refractivity contribution in [3.8, 4) is 0 Å². The molecule has 0 unspecified atom stereocenters. The van der Waals surface area contributed by atoms with E-state index in [0.29, 0.717) is 12.1 Å². The molecule has 0 aromatic heterocycles. The van der Waals surface area contributed by atoms with Crippen LogP contribution < -0.4 is 11.1 Å². The first-order valence-electron chi connectivity index (χ1n) is 6.10. The van der Waals surface area contributed by atoms with Gasteiger partial charge in [0.2, 0.25) is 0 Å². The Labute approximate surface area is 119 Å². The highest BCUT2D eigenvalue weighted by Crippen LogP contribution is 2.12. The average Bonchev–Trinajstić information content (AvgIpc) is 2.41. The number of halogens is 3. The van der Waals surface area contributed by atoms with Gasteiger partial charge in [-0.25, -0.2) is 0 Å². The Morgan fingerprint density at radius 1 is 1.19 bits per heavy atom. The van der Waals surface area contributed by atoms with Crippen LogP contribution in [0.25, 0.3) is 0 Å². The van der Waals surface area contributed by atoms with Crippen LogP contribution in [-0.4, -0.2) is 31.2 Å². The van der Waals surface area contributed by atoms with Gasteiger partial charge in [-0.1, -0.05) is 12.1 Å². The van der Waals surface area contributed by atoms with E-state index in [0.717, 1.165) is 5.56 Å². The molecule has 1 rings (SSSR count). The second kappa shape index (κ2) is 7.51. The number of carbonyl (C=O) groups is 2. The number of ether oxygens (including phenoxy) is 1. The largest absolute Gasteiger partial charge is 0.456 e. The van der Waals surface area contributed by atoms with Crippen LogP contribution in [0, 0.1) is 0 Å². The summed E-state index contributed by atoms with van der Waals surface area (Å²) in [5.74, 6) is -1.65. The van der Waals surface area contributed by atoms with Crippen molar-refractivity contribution in [2.75, 3.05) is 18.9 Å². The van der Waals surface area contributed by atoms with Crippen LogP contribution in [0.1, 0.15) is 12.0 Å². The minimum absolute atomic E-state index is 0.0243. The van der Waals surface area contributed by atoms with Crippen LogP contribution in [-0.2, 0) is 20.7 Å². The fourth-order valence-corrected chi connectivity index (χ4v) is 1.40. The van der Waals surface area contributed by atoms with E-state index in [4.69, 9.17) is 5.73 Å². The molecule has 1 aromatic rings. The first-order valence-corrected chi connectivity index (χ1v) is 6.10. The first-order chi connectivity index (χ1) is 9.76. The number of carbonyl (C=O) groups excluding carboxylic acids is 2. The van der Waals surface area contributed by atoms with Crippen molar-refractivity contribution in [1.29, 1.82) is 0 Å². The molecule has 3 N–H and O–H groups in total. The lowest BCUT2D eigenvalue weighted by molar-refractivity contribution is -0.151. The standard InChI is InChI=1S/C13H15F3N2O3/c14-13(15,16)8-18-11(19)7-21-12(20)6-3-9-1-4-10(17)5-2-9/h1-2,4-5H,3,6-8,17H2,(H,18,19). The zero-order valence-electron chi connectivity index (χ0n) is 11.1. The number of nitrogen functional groups attached to an aromatic ring is 1. The third-order valence-electron chi connectivity index (χ3n) is 2.45. The van der Waals surface area contributed by atoms with E-state index in [9.17, 15) is 22.8 Å². The number of hydrogen-bond acceptors (Lipinski definition) is 4. The number of amides is 1. The second-order valence-electron chi connectivity index (χ2n) is 4.29. The molecule has 0 radical (unpaired) electrons. The minimum atomic E-state index is -4.49. The fraction of sp³-hybridized carbons (Fsp3) is 0.385. The van der Waals surface area contributed by atoms with Gasteiger partial charge < -0.3 is 15.8 Å².